The number of fused-ring (bicyclic) bond motifs is 1. The van der Waals surface area contributed by atoms with Gasteiger partial charge in [-0.3, -0.25) is 4.79 Å². The lowest BCUT2D eigenvalue weighted by Gasteiger charge is -2.15. The van der Waals surface area contributed by atoms with E-state index in [9.17, 15) is 13.2 Å². The smallest absolute Gasteiger partial charge is 0.252 e. The second kappa shape index (κ2) is 8.79. The fraction of sp³-hybridized carbons (Fsp3) is 0.160. The molecule has 1 N–H and O–H groups in total. The Morgan fingerprint density at radius 3 is 2.73 bits per heavy atom. The maximum atomic E-state index is 13.4. The quantitative estimate of drug-likeness (QED) is 0.366. The Balaban J connectivity index is 1.37. The number of hydrogen-bond acceptors (Lipinski definition) is 7. The van der Waals surface area contributed by atoms with Crippen molar-refractivity contribution in [1.82, 2.24) is 34.7 Å². The van der Waals surface area contributed by atoms with Crippen molar-refractivity contribution in [2.24, 2.45) is 0 Å². The summed E-state index contributed by atoms with van der Waals surface area (Å²) in [6, 6.07) is 15.3. The second-order valence-corrected chi connectivity index (χ2v) is 11.3. The molecule has 37 heavy (non-hydrogen) atoms. The van der Waals surface area contributed by atoms with E-state index >= 15 is 0 Å². The third-order valence-electron chi connectivity index (χ3n) is 6.48. The summed E-state index contributed by atoms with van der Waals surface area (Å²) in [6.07, 6.45) is 5.72. The highest BCUT2D eigenvalue weighted by Gasteiger charge is 2.28. The first-order valence-electron chi connectivity index (χ1n) is 11.4. The number of nitrogens with zero attached hydrogens (tertiary/aromatic N) is 6. The molecule has 0 saturated heterocycles. The highest BCUT2D eigenvalue weighted by atomic mass is 35.5. The molecule has 1 aliphatic rings. The number of nitrogens with one attached hydrogen (secondary N) is 1. The van der Waals surface area contributed by atoms with Crippen molar-refractivity contribution in [2.75, 3.05) is 6.26 Å². The highest BCUT2D eigenvalue weighted by Crippen LogP contribution is 2.34. The third kappa shape index (κ3) is 4.25. The van der Waals surface area contributed by atoms with E-state index in [1.54, 1.807) is 47.2 Å². The van der Waals surface area contributed by atoms with Gasteiger partial charge in [0.1, 0.15) is 12.2 Å². The number of pyridine rings is 1. The van der Waals surface area contributed by atoms with Gasteiger partial charge in [0.2, 0.25) is 0 Å². The Labute approximate surface area is 216 Å². The molecule has 1 atom stereocenters. The maximum Gasteiger partial charge on any atom is 0.252 e. The van der Waals surface area contributed by atoms with Crippen LogP contribution in [0.2, 0.25) is 5.02 Å². The van der Waals surface area contributed by atoms with Crippen LogP contribution in [-0.2, 0) is 16.3 Å². The maximum absolute atomic E-state index is 13.4. The highest BCUT2D eigenvalue weighted by molar-refractivity contribution is 7.90. The predicted molar refractivity (Wildman–Crippen MR) is 137 cm³/mol. The molecule has 1 aliphatic heterocycles. The van der Waals surface area contributed by atoms with E-state index in [-0.39, 0.29) is 16.5 Å². The lowest BCUT2D eigenvalue weighted by atomic mass is 10.0. The molecule has 4 heterocycles. The molecule has 0 spiro atoms. The monoisotopic (exact) mass is 533 g/mol. The Kier molecular flexibility index (Phi) is 5.54. The number of rotatable bonds is 5. The number of tetrazole rings is 1. The van der Waals surface area contributed by atoms with Gasteiger partial charge in [-0.2, -0.15) is 4.68 Å². The van der Waals surface area contributed by atoms with Crippen LogP contribution >= 0.6 is 11.6 Å². The molecule has 0 radical (unpaired) electrons. The third-order valence-corrected chi connectivity index (χ3v) is 7.83. The normalized spacial score (nSPS) is 15.1. The minimum atomic E-state index is -3.34. The summed E-state index contributed by atoms with van der Waals surface area (Å²) in [6.45, 7) is 0. The molecule has 0 aliphatic carbocycles. The van der Waals surface area contributed by atoms with E-state index < -0.39 is 9.84 Å². The zero-order chi connectivity index (χ0) is 25.7. The largest absolute Gasteiger partial charge is 0.340 e. The van der Waals surface area contributed by atoms with Crippen molar-refractivity contribution in [3.63, 3.8) is 0 Å². The van der Waals surface area contributed by atoms with Crippen LogP contribution in [0.5, 0.6) is 0 Å². The molecule has 0 amide bonds. The number of aromatic nitrogens is 7. The number of imidazole rings is 1. The van der Waals surface area contributed by atoms with Crippen LogP contribution < -0.4 is 5.56 Å². The van der Waals surface area contributed by atoms with Crippen molar-refractivity contribution in [2.45, 2.75) is 23.8 Å². The number of H-pyrrole nitrogens is 1. The van der Waals surface area contributed by atoms with Crippen molar-refractivity contribution in [3.8, 4) is 28.1 Å². The molecular weight excluding hydrogens is 514 g/mol. The van der Waals surface area contributed by atoms with Crippen molar-refractivity contribution in [1.29, 1.82) is 0 Å². The molecular formula is C25H20ClN7O3S. The zero-order valence-corrected chi connectivity index (χ0v) is 21.1. The number of benzene rings is 2. The van der Waals surface area contributed by atoms with Gasteiger partial charge in [-0.15, -0.1) is 5.10 Å². The summed E-state index contributed by atoms with van der Waals surface area (Å²) in [5.74, 6) is 0.644. The van der Waals surface area contributed by atoms with Gasteiger partial charge in [0, 0.05) is 34.2 Å². The van der Waals surface area contributed by atoms with Gasteiger partial charge in [-0.05, 0) is 65.2 Å². The second-order valence-electron chi connectivity index (χ2n) is 8.90. The molecule has 6 rings (SSSR count). The molecule has 5 aromatic rings. The van der Waals surface area contributed by atoms with Gasteiger partial charge in [-0.25, -0.2) is 13.4 Å². The standard InChI is InChI=1S/C25H20ClN7O3S/c1-37(35,36)19-4-2-3-15(10-19)21-13-27-25(29-21)23-8-6-18-9-16(11-24(34)33(18)23)20-12-17(26)5-7-22(20)32-14-28-30-31-32/h2-5,7,9-14,23H,6,8H2,1H3,(H,27,29)/t23-/m0/s1. The summed E-state index contributed by atoms with van der Waals surface area (Å²) in [5.41, 5.74) is 4.29. The summed E-state index contributed by atoms with van der Waals surface area (Å²) in [7, 11) is -3.34. The van der Waals surface area contributed by atoms with E-state index in [0.29, 0.717) is 40.6 Å². The van der Waals surface area contributed by atoms with Gasteiger partial charge in [-0.1, -0.05) is 23.7 Å². The van der Waals surface area contributed by atoms with Crippen LogP contribution in [0, 0.1) is 0 Å². The Hall–Kier alpha value is -4.09. The van der Waals surface area contributed by atoms with Crippen molar-refractivity contribution in [3.05, 3.63) is 94.0 Å². The van der Waals surface area contributed by atoms with Gasteiger partial charge in [0.05, 0.1) is 28.5 Å². The Bertz CT molecular complexity index is 1810. The fourth-order valence-electron chi connectivity index (χ4n) is 4.77. The van der Waals surface area contributed by atoms with Crippen LogP contribution in [0.25, 0.3) is 28.1 Å². The summed E-state index contributed by atoms with van der Waals surface area (Å²) in [4.78, 5) is 21.4. The predicted octanol–water partition coefficient (Wildman–Crippen LogP) is 3.47. The first-order chi connectivity index (χ1) is 17.8. The topological polar surface area (TPSA) is 128 Å². The SMILES string of the molecule is CS(=O)(=O)c1cccc(-c2cnc([C@@H]3CCc4cc(-c5cc(Cl)ccc5-n5cnnn5)cc(=O)n43)[nH]2)c1. The average Bonchev–Trinajstić information content (AvgIpc) is 3.64. The minimum absolute atomic E-state index is 0.158. The fourth-order valence-corrected chi connectivity index (χ4v) is 5.61. The lowest BCUT2D eigenvalue weighted by Crippen LogP contribution is -2.23. The number of aromatic amines is 1. The van der Waals surface area contributed by atoms with Crippen LogP contribution in [-0.4, -0.2) is 49.4 Å². The summed E-state index contributed by atoms with van der Waals surface area (Å²) >= 11 is 6.29. The van der Waals surface area contributed by atoms with Crippen molar-refractivity contribution < 1.29 is 8.42 Å². The summed E-state index contributed by atoms with van der Waals surface area (Å²) in [5, 5.41) is 11.9. The number of halogens is 1. The van der Waals surface area contributed by atoms with E-state index in [1.165, 1.54) is 17.3 Å². The van der Waals surface area contributed by atoms with E-state index in [0.717, 1.165) is 16.8 Å². The van der Waals surface area contributed by atoms with Crippen molar-refractivity contribution >= 4 is 21.4 Å². The van der Waals surface area contributed by atoms with Gasteiger partial charge in [0.15, 0.2) is 9.84 Å². The molecule has 0 unspecified atom stereocenters. The minimum Gasteiger partial charge on any atom is -0.340 e. The van der Waals surface area contributed by atoms with E-state index in [4.69, 9.17) is 11.6 Å². The molecule has 10 nitrogen and oxygen atoms in total. The zero-order valence-electron chi connectivity index (χ0n) is 19.5. The van der Waals surface area contributed by atoms with E-state index in [2.05, 4.69) is 25.5 Å². The number of sulfone groups is 1. The average molecular weight is 534 g/mol. The Morgan fingerprint density at radius 2 is 1.95 bits per heavy atom. The molecule has 12 heteroatoms. The number of aryl methyl sites for hydroxylation is 1. The lowest BCUT2D eigenvalue weighted by molar-refractivity contribution is 0.572. The summed E-state index contributed by atoms with van der Waals surface area (Å²) < 4.78 is 27.2. The van der Waals surface area contributed by atoms with Crippen LogP contribution in [0.1, 0.15) is 24.0 Å². The first-order valence-corrected chi connectivity index (χ1v) is 13.7. The first kappa shape index (κ1) is 23.3. The van der Waals surface area contributed by atoms with Crippen LogP contribution in [0.3, 0.4) is 0 Å². The van der Waals surface area contributed by atoms with Crippen LogP contribution in [0.4, 0.5) is 0 Å². The molecule has 0 saturated carbocycles. The molecule has 0 bridgehead atoms. The Morgan fingerprint density at radius 1 is 1.08 bits per heavy atom. The molecule has 0 fully saturated rings. The number of hydrogen-bond donors (Lipinski definition) is 1. The van der Waals surface area contributed by atoms with Gasteiger partial charge in [0.25, 0.3) is 5.56 Å². The molecule has 2 aromatic carbocycles. The molecule has 186 valence electrons. The van der Waals surface area contributed by atoms with Gasteiger partial charge >= 0.3 is 0 Å². The van der Waals surface area contributed by atoms with E-state index in [1.807, 2.05) is 18.2 Å². The van der Waals surface area contributed by atoms with Gasteiger partial charge < -0.3 is 9.55 Å². The molecule has 3 aromatic heterocycles. The van der Waals surface area contributed by atoms with Crippen LogP contribution in [0.15, 0.2) is 76.8 Å².